The van der Waals surface area contributed by atoms with Crippen LogP contribution < -0.4 is 5.32 Å². The summed E-state index contributed by atoms with van der Waals surface area (Å²) in [6.45, 7) is 0.232. The number of carbonyl (C=O) groups excluding carboxylic acids is 1. The lowest BCUT2D eigenvalue weighted by atomic mass is 9.98. The van der Waals surface area contributed by atoms with E-state index < -0.39 is 6.09 Å². The molecule has 6 rings (SSSR count). The van der Waals surface area contributed by atoms with Crippen molar-refractivity contribution in [2.75, 3.05) is 6.61 Å². The SMILES string of the molecule is O=C(NCc1cc(-c2ccncn2)cc(Cl)c1Sc1ncccc1CO)OCC1c2ccccc2-c2ccccc21. The molecule has 2 aromatic heterocycles. The lowest BCUT2D eigenvalue weighted by molar-refractivity contribution is 0.142. The van der Waals surface area contributed by atoms with Gasteiger partial charge < -0.3 is 15.2 Å². The minimum absolute atomic E-state index is 0.0316. The average molecular weight is 581 g/mol. The summed E-state index contributed by atoms with van der Waals surface area (Å²) in [5.41, 5.74) is 7.59. The van der Waals surface area contributed by atoms with E-state index in [-0.39, 0.29) is 25.7 Å². The van der Waals surface area contributed by atoms with Crippen LogP contribution in [0, 0.1) is 0 Å². The molecule has 204 valence electrons. The second-order valence-corrected chi connectivity index (χ2v) is 10.9. The summed E-state index contributed by atoms with van der Waals surface area (Å²) in [5.74, 6) is -0.0316. The number of alkyl carbamates (subject to hydrolysis) is 1. The molecule has 0 saturated heterocycles. The Morgan fingerprint density at radius 3 is 2.39 bits per heavy atom. The molecule has 0 bridgehead atoms. The van der Waals surface area contributed by atoms with E-state index in [1.165, 1.54) is 29.2 Å². The fourth-order valence-corrected chi connectivity index (χ4v) is 6.40. The van der Waals surface area contributed by atoms with E-state index in [4.69, 9.17) is 16.3 Å². The Labute approximate surface area is 246 Å². The zero-order valence-electron chi connectivity index (χ0n) is 21.8. The number of rotatable bonds is 8. The summed E-state index contributed by atoms with van der Waals surface area (Å²) < 4.78 is 5.75. The van der Waals surface area contributed by atoms with Crippen molar-refractivity contribution in [2.24, 2.45) is 0 Å². The topological polar surface area (TPSA) is 97.2 Å². The van der Waals surface area contributed by atoms with Gasteiger partial charge in [-0.1, -0.05) is 78.0 Å². The zero-order chi connectivity index (χ0) is 28.2. The Kier molecular flexibility index (Phi) is 7.95. The number of halogens is 1. The van der Waals surface area contributed by atoms with Crippen LogP contribution in [0.2, 0.25) is 5.02 Å². The van der Waals surface area contributed by atoms with Crippen LogP contribution in [-0.2, 0) is 17.9 Å². The number of nitrogens with one attached hydrogen (secondary N) is 1. The monoisotopic (exact) mass is 580 g/mol. The van der Waals surface area contributed by atoms with Gasteiger partial charge in [0.25, 0.3) is 0 Å². The third-order valence-corrected chi connectivity index (χ3v) is 8.64. The number of fused-ring (bicyclic) bond motifs is 3. The summed E-state index contributed by atoms with van der Waals surface area (Å²) in [6.07, 6.45) is 4.27. The van der Waals surface area contributed by atoms with Gasteiger partial charge in [-0.25, -0.2) is 19.7 Å². The Morgan fingerprint density at radius 1 is 0.927 bits per heavy atom. The Bertz CT molecular complexity index is 1670. The Hall–Kier alpha value is -4.24. The molecule has 1 aliphatic rings. The molecule has 1 amide bonds. The highest BCUT2D eigenvalue weighted by Gasteiger charge is 2.29. The Morgan fingerprint density at radius 2 is 1.68 bits per heavy atom. The van der Waals surface area contributed by atoms with Crippen molar-refractivity contribution in [1.29, 1.82) is 0 Å². The molecule has 1 aliphatic carbocycles. The van der Waals surface area contributed by atoms with Crippen LogP contribution in [-0.4, -0.2) is 32.8 Å². The van der Waals surface area contributed by atoms with E-state index in [0.717, 1.165) is 27.1 Å². The molecule has 0 fully saturated rings. The minimum Gasteiger partial charge on any atom is -0.449 e. The third-order valence-electron chi connectivity index (χ3n) is 6.98. The molecule has 0 spiro atoms. The van der Waals surface area contributed by atoms with Crippen molar-refractivity contribution in [3.05, 3.63) is 125 Å². The van der Waals surface area contributed by atoms with Crippen molar-refractivity contribution in [2.45, 2.75) is 29.0 Å². The molecule has 0 atom stereocenters. The number of pyridine rings is 1. The fourth-order valence-electron chi connectivity index (χ4n) is 5.06. The van der Waals surface area contributed by atoms with Gasteiger partial charge in [-0.05, 0) is 52.1 Å². The van der Waals surface area contributed by atoms with Gasteiger partial charge in [-0.15, -0.1) is 0 Å². The van der Waals surface area contributed by atoms with E-state index in [9.17, 15) is 9.90 Å². The largest absolute Gasteiger partial charge is 0.449 e. The molecule has 2 heterocycles. The normalized spacial score (nSPS) is 12.0. The molecule has 0 saturated carbocycles. The maximum atomic E-state index is 13.0. The number of amides is 1. The highest BCUT2D eigenvalue weighted by Crippen LogP contribution is 2.44. The summed E-state index contributed by atoms with van der Waals surface area (Å²) >= 11 is 8.13. The lowest BCUT2D eigenvalue weighted by Gasteiger charge is -2.17. The number of aliphatic hydroxyl groups is 1. The first kappa shape index (κ1) is 27.0. The molecule has 7 nitrogen and oxygen atoms in total. The smallest absolute Gasteiger partial charge is 0.407 e. The van der Waals surface area contributed by atoms with Crippen molar-refractivity contribution in [1.82, 2.24) is 20.3 Å². The average Bonchev–Trinajstić information content (AvgIpc) is 3.34. The number of hydrogen-bond donors (Lipinski definition) is 2. The zero-order valence-corrected chi connectivity index (χ0v) is 23.4. The number of aromatic nitrogens is 3. The van der Waals surface area contributed by atoms with Crippen LogP contribution in [0.25, 0.3) is 22.4 Å². The molecule has 3 aromatic carbocycles. The summed E-state index contributed by atoms with van der Waals surface area (Å²) in [7, 11) is 0. The van der Waals surface area contributed by atoms with Crippen LogP contribution >= 0.6 is 23.4 Å². The lowest BCUT2D eigenvalue weighted by Crippen LogP contribution is -2.26. The molecule has 0 radical (unpaired) electrons. The number of carbonyl (C=O) groups is 1. The second kappa shape index (κ2) is 12.1. The first-order valence-corrected chi connectivity index (χ1v) is 14.2. The van der Waals surface area contributed by atoms with E-state index in [1.54, 1.807) is 24.5 Å². The highest BCUT2D eigenvalue weighted by atomic mass is 35.5. The molecule has 2 N–H and O–H groups in total. The molecule has 0 unspecified atom stereocenters. The molecule has 5 aromatic rings. The number of nitrogens with zero attached hydrogens (tertiary/aromatic N) is 3. The maximum absolute atomic E-state index is 13.0. The van der Waals surface area contributed by atoms with E-state index in [0.29, 0.717) is 21.3 Å². The van der Waals surface area contributed by atoms with Crippen molar-refractivity contribution in [3.63, 3.8) is 0 Å². The molecular formula is C32H25ClN4O3S. The van der Waals surface area contributed by atoms with Gasteiger partial charge in [-0.3, -0.25) is 0 Å². The maximum Gasteiger partial charge on any atom is 0.407 e. The van der Waals surface area contributed by atoms with Gasteiger partial charge in [0.15, 0.2) is 0 Å². The second-order valence-electron chi connectivity index (χ2n) is 9.45. The first-order valence-electron chi connectivity index (χ1n) is 13.0. The quantitative estimate of drug-likeness (QED) is 0.207. The number of aliphatic hydroxyl groups excluding tert-OH is 1. The van der Waals surface area contributed by atoms with Gasteiger partial charge in [0.2, 0.25) is 0 Å². The van der Waals surface area contributed by atoms with Crippen LogP contribution in [0.1, 0.15) is 28.2 Å². The van der Waals surface area contributed by atoms with Crippen LogP contribution in [0.5, 0.6) is 0 Å². The van der Waals surface area contributed by atoms with E-state index >= 15 is 0 Å². The molecular weight excluding hydrogens is 556 g/mol. The van der Waals surface area contributed by atoms with E-state index in [2.05, 4.69) is 44.5 Å². The number of benzene rings is 3. The summed E-state index contributed by atoms with van der Waals surface area (Å²) in [6, 6.07) is 25.6. The Balaban J connectivity index is 1.22. The summed E-state index contributed by atoms with van der Waals surface area (Å²) in [4.78, 5) is 26.5. The molecule has 9 heteroatoms. The summed E-state index contributed by atoms with van der Waals surface area (Å²) in [5, 5.41) is 13.8. The predicted molar refractivity (Wildman–Crippen MR) is 159 cm³/mol. The van der Waals surface area contributed by atoms with Gasteiger partial charge in [0.1, 0.15) is 18.0 Å². The van der Waals surface area contributed by atoms with Crippen LogP contribution in [0.15, 0.2) is 108 Å². The molecule has 0 aliphatic heterocycles. The van der Waals surface area contributed by atoms with E-state index in [1.807, 2.05) is 42.5 Å². The predicted octanol–water partition coefficient (Wildman–Crippen LogP) is 6.87. The van der Waals surface area contributed by atoms with Crippen molar-refractivity contribution >= 4 is 29.5 Å². The van der Waals surface area contributed by atoms with Crippen molar-refractivity contribution in [3.8, 4) is 22.4 Å². The standard InChI is InChI=1S/C32H25ClN4O3S/c33-28-15-21(29-11-13-34-19-37-29)14-22(30(28)41-31-20(17-38)6-5-12-35-31)16-36-32(39)40-18-27-25-9-3-1-7-23(25)24-8-2-4-10-26(24)27/h1-15,19,27,38H,16-18H2,(H,36,39). The van der Waals surface area contributed by atoms with Gasteiger partial charge in [0.05, 0.1) is 17.3 Å². The van der Waals surface area contributed by atoms with Gasteiger partial charge in [-0.2, -0.15) is 0 Å². The van der Waals surface area contributed by atoms with Gasteiger partial charge in [0, 0.05) is 40.9 Å². The van der Waals surface area contributed by atoms with Crippen LogP contribution in [0.4, 0.5) is 4.79 Å². The third kappa shape index (κ3) is 5.67. The number of hydrogen-bond acceptors (Lipinski definition) is 7. The molecule has 41 heavy (non-hydrogen) atoms. The van der Waals surface area contributed by atoms with Crippen molar-refractivity contribution < 1.29 is 14.6 Å². The van der Waals surface area contributed by atoms with Crippen LogP contribution in [0.3, 0.4) is 0 Å². The minimum atomic E-state index is -0.528. The van der Waals surface area contributed by atoms with Gasteiger partial charge >= 0.3 is 6.09 Å². The fraction of sp³-hybridized carbons (Fsp3) is 0.125. The number of ether oxygens (including phenoxy) is 1. The first-order chi connectivity index (χ1) is 20.1. The highest BCUT2D eigenvalue weighted by molar-refractivity contribution is 7.99.